The minimum absolute atomic E-state index is 0.572. The van der Waals surface area contributed by atoms with Gasteiger partial charge in [0.15, 0.2) is 0 Å². The van der Waals surface area contributed by atoms with E-state index in [1.54, 1.807) is 12.4 Å². The van der Waals surface area contributed by atoms with Crippen molar-refractivity contribution in [2.75, 3.05) is 5.73 Å². The summed E-state index contributed by atoms with van der Waals surface area (Å²) in [6, 6.07) is 5.81. The lowest BCUT2D eigenvalue weighted by molar-refractivity contribution is 0.665. The van der Waals surface area contributed by atoms with E-state index in [1.165, 1.54) is 0 Å². The summed E-state index contributed by atoms with van der Waals surface area (Å²) in [5.41, 5.74) is 7.85. The number of pyridine rings is 1. The van der Waals surface area contributed by atoms with Crippen LogP contribution in [0.5, 0.6) is 0 Å². The molecule has 0 aliphatic carbocycles. The Labute approximate surface area is 82.4 Å². The van der Waals surface area contributed by atoms with Gasteiger partial charge in [-0.2, -0.15) is 5.10 Å². The van der Waals surface area contributed by atoms with Gasteiger partial charge in [-0.25, -0.2) is 4.98 Å². The van der Waals surface area contributed by atoms with E-state index in [1.807, 2.05) is 29.8 Å². The molecule has 0 saturated carbocycles. The van der Waals surface area contributed by atoms with Gasteiger partial charge in [-0.3, -0.25) is 4.68 Å². The zero-order chi connectivity index (χ0) is 9.97. The molecule has 0 bridgehead atoms. The van der Waals surface area contributed by atoms with Crippen LogP contribution in [0.2, 0.25) is 0 Å². The normalized spacial score (nSPS) is 10.4. The Morgan fingerprint density at radius 1 is 1.36 bits per heavy atom. The van der Waals surface area contributed by atoms with Crippen molar-refractivity contribution >= 4 is 5.82 Å². The fourth-order valence-corrected chi connectivity index (χ4v) is 1.31. The maximum absolute atomic E-state index is 5.73. The van der Waals surface area contributed by atoms with Crippen molar-refractivity contribution in [1.82, 2.24) is 14.8 Å². The molecule has 4 heteroatoms. The average molecular weight is 188 g/mol. The van der Waals surface area contributed by atoms with Gasteiger partial charge in [0.25, 0.3) is 0 Å². The van der Waals surface area contributed by atoms with E-state index in [0.29, 0.717) is 12.4 Å². The third-order valence-electron chi connectivity index (χ3n) is 2.18. The zero-order valence-electron chi connectivity index (χ0n) is 8.01. The molecule has 0 aliphatic rings. The molecular weight excluding hydrogens is 176 g/mol. The quantitative estimate of drug-likeness (QED) is 0.770. The van der Waals surface area contributed by atoms with E-state index in [4.69, 9.17) is 5.73 Å². The van der Waals surface area contributed by atoms with Crippen LogP contribution in [-0.4, -0.2) is 14.8 Å². The van der Waals surface area contributed by atoms with Crippen molar-refractivity contribution in [3.8, 4) is 0 Å². The Kier molecular flexibility index (Phi) is 2.18. The van der Waals surface area contributed by atoms with Gasteiger partial charge in [0.05, 0.1) is 6.54 Å². The van der Waals surface area contributed by atoms with Crippen LogP contribution in [0.1, 0.15) is 11.3 Å². The molecule has 0 atom stereocenters. The molecular formula is C10H12N4. The number of aryl methyl sites for hydroxylation is 1. The van der Waals surface area contributed by atoms with Crippen LogP contribution in [-0.2, 0) is 6.54 Å². The standard InChI is InChI=1S/C10H12N4/c1-8-4-6-13-14(8)7-9-3-2-5-12-10(9)11/h2-6H,7H2,1H3,(H2,11,12). The first-order valence-electron chi connectivity index (χ1n) is 4.45. The van der Waals surface area contributed by atoms with Crippen LogP contribution in [0, 0.1) is 6.92 Å². The molecule has 2 aromatic heterocycles. The number of aromatic nitrogens is 3. The Morgan fingerprint density at radius 2 is 2.21 bits per heavy atom. The summed E-state index contributed by atoms with van der Waals surface area (Å²) in [5, 5.41) is 4.19. The Hall–Kier alpha value is -1.84. The van der Waals surface area contributed by atoms with E-state index in [2.05, 4.69) is 10.1 Å². The molecule has 14 heavy (non-hydrogen) atoms. The molecule has 0 fully saturated rings. The second-order valence-electron chi connectivity index (χ2n) is 3.18. The van der Waals surface area contributed by atoms with E-state index in [-0.39, 0.29) is 0 Å². The van der Waals surface area contributed by atoms with E-state index >= 15 is 0 Å². The summed E-state index contributed by atoms with van der Waals surface area (Å²) in [6.07, 6.45) is 3.47. The monoisotopic (exact) mass is 188 g/mol. The number of hydrogen-bond donors (Lipinski definition) is 1. The van der Waals surface area contributed by atoms with Gasteiger partial charge in [0, 0.05) is 23.7 Å². The lowest BCUT2D eigenvalue weighted by Crippen LogP contribution is -2.06. The third kappa shape index (κ3) is 1.59. The van der Waals surface area contributed by atoms with Crippen LogP contribution in [0.3, 0.4) is 0 Å². The van der Waals surface area contributed by atoms with Crippen molar-refractivity contribution in [2.45, 2.75) is 13.5 Å². The van der Waals surface area contributed by atoms with Gasteiger partial charge in [-0.05, 0) is 19.1 Å². The zero-order valence-corrected chi connectivity index (χ0v) is 8.01. The number of hydrogen-bond acceptors (Lipinski definition) is 3. The molecule has 2 heterocycles. The molecule has 0 radical (unpaired) electrons. The van der Waals surface area contributed by atoms with E-state index in [0.717, 1.165) is 11.3 Å². The SMILES string of the molecule is Cc1ccnn1Cc1cccnc1N. The number of rotatable bonds is 2. The predicted octanol–water partition coefficient (Wildman–Crippen LogP) is 1.22. The molecule has 72 valence electrons. The Balaban J connectivity index is 2.28. The minimum atomic E-state index is 0.572. The Bertz CT molecular complexity index is 433. The molecule has 0 aromatic carbocycles. The maximum atomic E-state index is 5.73. The van der Waals surface area contributed by atoms with Crippen LogP contribution < -0.4 is 5.73 Å². The summed E-state index contributed by atoms with van der Waals surface area (Å²) in [7, 11) is 0. The van der Waals surface area contributed by atoms with Gasteiger partial charge in [0.2, 0.25) is 0 Å². The smallest absolute Gasteiger partial charge is 0.128 e. The first-order chi connectivity index (χ1) is 6.77. The highest BCUT2D eigenvalue weighted by Gasteiger charge is 2.02. The first kappa shape index (κ1) is 8.74. The second-order valence-corrected chi connectivity index (χ2v) is 3.18. The summed E-state index contributed by atoms with van der Waals surface area (Å²) in [5.74, 6) is 0.572. The number of nitrogens with two attached hydrogens (primary N) is 1. The van der Waals surface area contributed by atoms with Gasteiger partial charge in [0.1, 0.15) is 5.82 Å². The van der Waals surface area contributed by atoms with Crippen LogP contribution >= 0.6 is 0 Å². The van der Waals surface area contributed by atoms with Gasteiger partial charge in [-0.1, -0.05) is 6.07 Å². The van der Waals surface area contributed by atoms with Crippen molar-refractivity contribution in [2.24, 2.45) is 0 Å². The molecule has 0 unspecified atom stereocenters. The van der Waals surface area contributed by atoms with E-state index < -0.39 is 0 Å². The fourth-order valence-electron chi connectivity index (χ4n) is 1.31. The molecule has 0 saturated heterocycles. The van der Waals surface area contributed by atoms with Gasteiger partial charge >= 0.3 is 0 Å². The average Bonchev–Trinajstić information content (AvgIpc) is 2.56. The summed E-state index contributed by atoms with van der Waals surface area (Å²) < 4.78 is 1.90. The highest BCUT2D eigenvalue weighted by molar-refractivity contribution is 5.38. The second kappa shape index (κ2) is 3.49. The largest absolute Gasteiger partial charge is 0.383 e. The topological polar surface area (TPSA) is 56.7 Å². The summed E-state index contributed by atoms with van der Waals surface area (Å²) >= 11 is 0. The maximum Gasteiger partial charge on any atom is 0.128 e. The number of nitrogens with zero attached hydrogens (tertiary/aromatic N) is 3. The highest BCUT2D eigenvalue weighted by Crippen LogP contribution is 2.09. The molecule has 0 aliphatic heterocycles. The van der Waals surface area contributed by atoms with Crippen molar-refractivity contribution in [1.29, 1.82) is 0 Å². The molecule has 2 N–H and O–H groups in total. The number of anilines is 1. The lowest BCUT2D eigenvalue weighted by atomic mass is 10.2. The summed E-state index contributed by atoms with van der Waals surface area (Å²) in [6.45, 7) is 2.69. The fraction of sp³-hybridized carbons (Fsp3) is 0.200. The lowest BCUT2D eigenvalue weighted by Gasteiger charge is -2.06. The molecule has 4 nitrogen and oxygen atoms in total. The minimum Gasteiger partial charge on any atom is -0.383 e. The molecule has 2 aromatic rings. The van der Waals surface area contributed by atoms with Crippen LogP contribution in [0.25, 0.3) is 0 Å². The molecule has 2 rings (SSSR count). The van der Waals surface area contributed by atoms with Crippen LogP contribution in [0.4, 0.5) is 5.82 Å². The summed E-state index contributed by atoms with van der Waals surface area (Å²) in [4.78, 5) is 4.03. The predicted molar refractivity (Wildman–Crippen MR) is 54.7 cm³/mol. The third-order valence-corrected chi connectivity index (χ3v) is 2.18. The van der Waals surface area contributed by atoms with Crippen molar-refractivity contribution in [3.05, 3.63) is 41.9 Å². The van der Waals surface area contributed by atoms with Gasteiger partial charge in [-0.15, -0.1) is 0 Å². The first-order valence-corrected chi connectivity index (χ1v) is 4.45. The van der Waals surface area contributed by atoms with E-state index in [9.17, 15) is 0 Å². The van der Waals surface area contributed by atoms with Crippen LogP contribution in [0.15, 0.2) is 30.6 Å². The van der Waals surface area contributed by atoms with Crippen molar-refractivity contribution < 1.29 is 0 Å². The number of nitrogen functional groups attached to an aromatic ring is 1. The van der Waals surface area contributed by atoms with Gasteiger partial charge < -0.3 is 5.73 Å². The van der Waals surface area contributed by atoms with Crippen molar-refractivity contribution in [3.63, 3.8) is 0 Å². The Morgan fingerprint density at radius 3 is 2.86 bits per heavy atom. The molecule has 0 amide bonds. The molecule has 0 spiro atoms. The highest BCUT2D eigenvalue weighted by atomic mass is 15.3.